The Kier molecular flexibility index (Phi) is 30.2. The van der Waals surface area contributed by atoms with E-state index in [0.717, 1.165) is 107 Å². The maximum absolute atomic E-state index is 13.7. The SMILES string of the molecule is CCCC(C)N1CCC(N(Cc2ccccc2)C(=O)Nc2ccc(CN(C)C)cc2)CC1.CCCC(C)N1CCC(N(Cc2ccccc2)C(=O)Nc2ccc([NH2+]O)c(C(F)(F)F)c2)CC1.O.O=C(Nc1cccc(C(F)(F)F)c1)NC1CCN(Cc2ccccc2F)CC1. The first-order chi connectivity index (χ1) is 45.0. The lowest BCUT2D eigenvalue weighted by Crippen LogP contribution is -2.74. The quantitative estimate of drug-likeness (QED) is 0.0233. The number of alkyl halides is 6. The van der Waals surface area contributed by atoms with E-state index in [2.05, 4.69) is 107 Å². The fourth-order valence-electron chi connectivity index (χ4n) is 12.4. The summed E-state index contributed by atoms with van der Waals surface area (Å²) in [7, 11) is 4.12. The predicted molar refractivity (Wildman–Crippen MR) is 360 cm³/mol. The van der Waals surface area contributed by atoms with Gasteiger partial charge in [-0.3, -0.25) is 4.90 Å². The van der Waals surface area contributed by atoms with Crippen molar-refractivity contribution in [1.82, 2.24) is 34.7 Å². The van der Waals surface area contributed by atoms with Crippen LogP contribution in [0.1, 0.15) is 125 Å². The Balaban J connectivity index is 0.000000225. The van der Waals surface area contributed by atoms with Crippen molar-refractivity contribution in [2.24, 2.45) is 0 Å². The van der Waals surface area contributed by atoms with Gasteiger partial charge in [-0.15, -0.1) is 0 Å². The van der Waals surface area contributed by atoms with E-state index < -0.39 is 35.5 Å². The van der Waals surface area contributed by atoms with Gasteiger partial charge in [0.1, 0.15) is 11.4 Å². The lowest BCUT2D eigenvalue weighted by atomic mass is 10.00. The van der Waals surface area contributed by atoms with E-state index >= 15 is 0 Å². The Labute approximate surface area is 555 Å². The molecule has 6 amide bonds. The Hall–Kier alpha value is -7.64. The molecule has 95 heavy (non-hydrogen) atoms. The molecule has 0 aromatic heterocycles. The number of nitrogens with one attached hydrogen (secondary N) is 4. The minimum absolute atomic E-state index is 0. The number of halogens is 7. The average Bonchev–Trinajstić information content (AvgIpc) is 0.865. The number of amides is 6. The summed E-state index contributed by atoms with van der Waals surface area (Å²) in [6, 6.07) is 42.9. The van der Waals surface area contributed by atoms with Gasteiger partial charge in [0, 0.05) is 124 Å². The molecule has 3 saturated heterocycles. The number of urea groups is 3. The summed E-state index contributed by atoms with van der Waals surface area (Å²) in [5.74, 6) is -0.233. The van der Waals surface area contributed by atoms with Crippen LogP contribution in [0.15, 0.2) is 152 Å². The van der Waals surface area contributed by atoms with Crippen molar-refractivity contribution in [3.63, 3.8) is 0 Å². The molecule has 6 aromatic rings. The van der Waals surface area contributed by atoms with E-state index in [1.807, 2.05) is 65.6 Å². The van der Waals surface area contributed by atoms with Crippen molar-refractivity contribution >= 4 is 40.8 Å². The molecule has 0 spiro atoms. The number of likely N-dealkylation sites (tertiary alicyclic amines) is 3. The van der Waals surface area contributed by atoms with Gasteiger partial charge in [0.05, 0.1) is 5.56 Å². The van der Waals surface area contributed by atoms with Gasteiger partial charge in [-0.2, -0.15) is 31.8 Å². The molecule has 6 aromatic carbocycles. The number of carbonyl (C=O) groups excluding carboxylic acids is 3. The summed E-state index contributed by atoms with van der Waals surface area (Å²) in [4.78, 5) is 51.9. The number of nitrogens with zero attached hydrogens (tertiary/aromatic N) is 6. The third-order valence-corrected chi connectivity index (χ3v) is 17.6. The largest absolute Gasteiger partial charge is 0.422 e. The third-order valence-electron chi connectivity index (χ3n) is 17.6. The smallest absolute Gasteiger partial charge is 0.412 e. The predicted octanol–water partition coefficient (Wildman–Crippen LogP) is 14.2. The number of hydrogen-bond donors (Lipinski definition) is 6. The van der Waals surface area contributed by atoms with E-state index in [1.165, 1.54) is 48.2 Å². The molecule has 518 valence electrons. The average molecular weight is 1330 g/mol. The van der Waals surface area contributed by atoms with Crippen LogP contribution < -0.4 is 26.7 Å². The van der Waals surface area contributed by atoms with Gasteiger partial charge in [0.15, 0.2) is 5.69 Å². The van der Waals surface area contributed by atoms with Crippen LogP contribution in [-0.2, 0) is 38.5 Å². The fraction of sp³-hybridized carbons (Fsp3) is 0.458. The lowest BCUT2D eigenvalue weighted by molar-refractivity contribution is -0.826. The van der Waals surface area contributed by atoms with Gasteiger partial charge in [-0.25, -0.2) is 24.0 Å². The number of nitrogens with two attached hydrogens (primary N) is 1. The van der Waals surface area contributed by atoms with Gasteiger partial charge in [0.2, 0.25) is 0 Å². The normalized spacial score (nSPS) is 16.0. The molecule has 16 nitrogen and oxygen atoms in total. The van der Waals surface area contributed by atoms with Crippen molar-refractivity contribution in [2.45, 2.75) is 161 Å². The minimum atomic E-state index is -4.65. The molecule has 2 atom stereocenters. The first-order valence-electron chi connectivity index (χ1n) is 32.8. The van der Waals surface area contributed by atoms with Gasteiger partial charge >= 0.3 is 30.4 Å². The monoisotopic (exact) mass is 1330 g/mol. The minimum Gasteiger partial charge on any atom is -0.412 e. The Morgan fingerprint density at radius 3 is 1.51 bits per heavy atom. The van der Waals surface area contributed by atoms with Crippen LogP contribution in [0.3, 0.4) is 0 Å². The van der Waals surface area contributed by atoms with E-state index in [1.54, 1.807) is 23.1 Å². The molecular weight excluding hydrogens is 1230 g/mol. The zero-order valence-electron chi connectivity index (χ0n) is 55.5. The molecule has 0 radical (unpaired) electrons. The summed E-state index contributed by atoms with van der Waals surface area (Å²) in [5.41, 5.74) is 3.24. The number of rotatable bonds is 21. The Morgan fingerprint density at radius 2 is 1.03 bits per heavy atom. The summed E-state index contributed by atoms with van der Waals surface area (Å²) in [6.45, 7) is 16.7. The summed E-state index contributed by atoms with van der Waals surface area (Å²) in [5, 5.41) is 20.2. The van der Waals surface area contributed by atoms with Gasteiger partial charge in [-0.05, 0) is 145 Å². The molecule has 0 saturated carbocycles. The highest BCUT2D eigenvalue weighted by Crippen LogP contribution is 2.36. The molecule has 9 rings (SSSR count). The molecule has 3 fully saturated rings. The molecule has 3 heterocycles. The number of hydrogen-bond acceptors (Lipinski definition) is 8. The third kappa shape index (κ3) is 24.5. The van der Waals surface area contributed by atoms with Crippen LogP contribution in [0, 0.1) is 5.82 Å². The fourth-order valence-corrected chi connectivity index (χ4v) is 12.4. The van der Waals surface area contributed by atoms with Gasteiger partial charge < -0.3 is 51.2 Å². The standard InChI is InChI=1S/C27H40N4O.C25H33F3N4O2.C20H21F4N3O.H2O/c1-5-9-22(2)30-18-16-26(17-19-30)31(21-23-10-7-6-8-11-23)27(32)28-25-14-12-24(13-15-25)20-29(3)4;1-3-7-18(2)31-14-12-21(13-15-31)32(17-19-8-5-4-6-9-19)24(33)29-20-10-11-23(30-34)22(16-20)25(26,27)28;21-18-7-2-1-4-14(18)13-27-10-8-16(9-11-27)25-19(28)26-17-6-3-5-15(12-17)20(22,23)24;/h6-8,10-15,22,26H,5,9,16-21H2,1-4H3,(H,28,32);4-6,8-11,16,18,21,30,34H,3,7,12-15,17H2,1-2H3,(H,29,33);1-7,12,16H,8-11,13H2,(H2,25,26,28);1H2/p+1. The number of carbonyl (C=O) groups is 3. The number of quaternary nitrogens is 1. The molecule has 3 aliphatic heterocycles. The van der Waals surface area contributed by atoms with E-state index in [-0.39, 0.29) is 52.5 Å². The van der Waals surface area contributed by atoms with Crippen molar-refractivity contribution in [2.75, 3.05) is 69.3 Å². The number of anilines is 3. The Bertz CT molecular complexity index is 3250. The second-order valence-electron chi connectivity index (χ2n) is 25.1. The van der Waals surface area contributed by atoms with E-state index in [4.69, 9.17) is 5.21 Å². The number of piperidine rings is 3. The summed E-state index contributed by atoms with van der Waals surface area (Å²) < 4.78 is 92.1. The van der Waals surface area contributed by atoms with Crippen LogP contribution >= 0.6 is 0 Å². The van der Waals surface area contributed by atoms with Gasteiger partial charge in [-0.1, -0.05) is 124 Å². The van der Waals surface area contributed by atoms with E-state index in [9.17, 15) is 45.1 Å². The summed E-state index contributed by atoms with van der Waals surface area (Å²) >= 11 is 0. The molecule has 0 bridgehead atoms. The van der Waals surface area contributed by atoms with Crippen molar-refractivity contribution in [3.8, 4) is 0 Å². The van der Waals surface area contributed by atoms with E-state index in [0.29, 0.717) is 68.7 Å². The van der Waals surface area contributed by atoms with Crippen LogP contribution in [0.2, 0.25) is 0 Å². The molecule has 2 unspecified atom stereocenters. The first-order valence-corrected chi connectivity index (χ1v) is 32.8. The van der Waals surface area contributed by atoms with Crippen LogP contribution in [0.5, 0.6) is 0 Å². The molecule has 9 N–H and O–H groups in total. The number of benzene rings is 6. The van der Waals surface area contributed by atoms with Gasteiger partial charge in [0.25, 0.3) is 0 Å². The molecule has 23 heteroatoms. The maximum atomic E-state index is 13.7. The highest BCUT2D eigenvalue weighted by molar-refractivity contribution is 5.91. The first kappa shape index (κ1) is 76.4. The maximum Gasteiger partial charge on any atom is 0.422 e. The van der Waals surface area contributed by atoms with Crippen molar-refractivity contribution in [1.29, 1.82) is 0 Å². The molecule has 0 aliphatic carbocycles. The molecular formula is C72H97F7N11O5+. The van der Waals surface area contributed by atoms with Crippen LogP contribution in [0.25, 0.3) is 0 Å². The summed E-state index contributed by atoms with van der Waals surface area (Å²) in [6.07, 6.45) is 0.625. The highest BCUT2D eigenvalue weighted by Gasteiger charge is 2.37. The Morgan fingerprint density at radius 1 is 0.558 bits per heavy atom. The lowest BCUT2D eigenvalue weighted by Gasteiger charge is -2.40. The topological polar surface area (TPSA) is 187 Å². The van der Waals surface area contributed by atoms with Crippen molar-refractivity contribution < 1.29 is 61.3 Å². The zero-order chi connectivity index (χ0) is 67.8. The zero-order valence-corrected chi connectivity index (χ0v) is 55.5. The van der Waals surface area contributed by atoms with Crippen LogP contribution in [0.4, 0.5) is 67.9 Å². The van der Waals surface area contributed by atoms with Crippen molar-refractivity contribution in [3.05, 3.63) is 191 Å². The second-order valence-corrected chi connectivity index (χ2v) is 25.1. The second kappa shape index (κ2) is 37.6. The highest BCUT2D eigenvalue weighted by atomic mass is 19.4. The molecule has 3 aliphatic rings. The van der Waals surface area contributed by atoms with Crippen LogP contribution in [-0.4, -0.2) is 142 Å².